The van der Waals surface area contributed by atoms with Crippen LogP contribution in [0.2, 0.25) is 0 Å². The number of amides is 1. The number of benzene rings is 1. The number of hydrogen-bond acceptors (Lipinski definition) is 3. The first-order valence-electron chi connectivity index (χ1n) is 8.09. The Kier molecular flexibility index (Phi) is 3.61. The van der Waals surface area contributed by atoms with Crippen LogP contribution in [-0.2, 0) is 6.54 Å². The standard InChI is InChI=1S/C19H18N4O/c1-14-8-9-16(12-20-14)18(24)23-11-5-10-22-13-17(21-19(22)23)15-6-3-2-4-7-15/h2-4,6-9,12-13H,5,10-11H2,1H3. The van der Waals surface area contributed by atoms with Crippen LogP contribution in [-0.4, -0.2) is 27.0 Å². The Morgan fingerprint density at radius 2 is 1.92 bits per heavy atom. The first-order chi connectivity index (χ1) is 11.7. The Hall–Kier alpha value is -2.95. The summed E-state index contributed by atoms with van der Waals surface area (Å²) in [6.45, 7) is 3.47. The lowest BCUT2D eigenvalue weighted by Crippen LogP contribution is -2.37. The van der Waals surface area contributed by atoms with Gasteiger partial charge >= 0.3 is 0 Å². The Bertz CT molecular complexity index is 868. The second kappa shape index (κ2) is 5.92. The molecule has 0 spiro atoms. The predicted octanol–water partition coefficient (Wildman–Crippen LogP) is 3.30. The highest BCUT2D eigenvalue weighted by atomic mass is 16.2. The molecule has 1 amide bonds. The van der Waals surface area contributed by atoms with Gasteiger partial charge in [-0.1, -0.05) is 30.3 Å². The minimum absolute atomic E-state index is 0.0475. The van der Waals surface area contributed by atoms with Crippen molar-refractivity contribution in [3.05, 3.63) is 66.1 Å². The number of rotatable bonds is 2. The molecule has 5 heteroatoms. The molecule has 0 N–H and O–H groups in total. The second-order valence-electron chi connectivity index (χ2n) is 5.98. The van der Waals surface area contributed by atoms with E-state index in [0.717, 1.165) is 29.9 Å². The molecule has 1 aromatic carbocycles. The highest BCUT2D eigenvalue weighted by Crippen LogP contribution is 2.27. The fourth-order valence-electron chi connectivity index (χ4n) is 2.98. The van der Waals surface area contributed by atoms with Crippen LogP contribution in [0.3, 0.4) is 0 Å². The van der Waals surface area contributed by atoms with Crippen molar-refractivity contribution < 1.29 is 4.79 Å². The molecule has 0 unspecified atom stereocenters. The Balaban J connectivity index is 1.70. The maximum atomic E-state index is 12.9. The zero-order valence-electron chi connectivity index (χ0n) is 13.5. The van der Waals surface area contributed by atoms with E-state index in [1.54, 1.807) is 11.1 Å². The average molecular weight is 318 g/mol. The van der Waals surface area contributed by atoms with E-state index in [1.165, 1.54) is 0 Å². The van der Waals surface area contributed by atoms with E-state index in [2.05, 4.69) is 9.55 Å². The van der Waals surface area contributed by atoms with Crippen molar-refractivity contribution in [3.63, 3.8) is 0 Å². The zero-order valence-corrected chi connectivity index (χ0v) is 13.5. The fourth-order valence-corrected chi connectivity index (χ4v) is 2.98. The average Bonchev–Trinajstić information content (AvgIpc) is 3.07. The van der Waals surface area contributed by atoms with Gasteiger partial charge in [0, 0.05) is 36.7 Å². The van der Waals surface area contributed by atoms with Crippen LogP contribution in [0.1, 0.15) is 22.5 Å². The summed E-state index contributed by atoms with van der Waals surface area (Å²) >= 11 is 0. The van der Waals surface area contributed by atoms with Gasteiger partial charge in [0.05, 0.1) is 11.3 Å². The number of pyridine rings is 1. The van der Waals surface area contributed by atoms with Crippen LogP contribution in [0.5, 0.6) is 0 Å². The van der Waals surface area contributed by atoms with Crippen LogP contribution < -0.4 is 4.90 Å². The van der Waals surface area contributed by atoms with Crippen LogP contribution >= 0.6 is 0 Å². The number of carbonyl (C=O) groups excluding carboxylic acids is 1. The molecule has 3 aromatic rings. The largest absolute Gasteiger partial charge is 0.316 e. The molecule has 0 aliphatic carbocycles. The second-order valence-corrected chi connectivity index (χ2v) is 5.98. The molecule has 0 atom stereocenters. The lowest BCUT2D eigenvalue weighted by Gasteiger charge is -2.27. The Morgan fingerprint density at radius 3 is 2.67 bits per heavy atom. The molecule has 0 saturated heterocycles. The van der Waals surface area contributed by atoms with E-state index in [-0.39, 0.29) is 5.91 Å². The monoisotopic (exact) mass is 318 g/mol. The molecule has 3 heterocycles. The van der Waals surface area contributed by atoms with E-state index in [0.29, 0.717) is 18.1 Å². The van der Waals surface area contributed by atoms with Crippen molar-refractivity contribution >= 4 is 11.9 Å². The molecule has 1 aliphatic heterocycles. The predicted molar refractivity (Wildman–Crippen MR) is 92.9 cm³/mol. The van der Waals surface area contributed by atoms with Crippen LogP contribution in [0, 0.1) is 6.92 Å². The molecule has 120 valence electrons. The highest BCUT2D eigenvalue weighted by molar-refractivity contribution is 6.05. The summed E-state index contributed by atoms with van der Waals surface area (Å²) < 4.78 is 2.06. The van der Waals surface area contributed by atoms with Crippen molar-refractivity contribution in [2.45, 2.75) is 19.9 Å². The summed E-state index contributed by atoms with van der Waals surface area (Å²) in [5.41, 5.74) is 3.45. The lowest BCUT2D eigenvalue weighted by molar-refractivity contribution is 0.0980. The first-order valence-corrected chi connectivity index (χ1v) is 8.09. The van der Waals surface area contributed by atoms with Gasteiger partial charge in [-0.05, 0) is 25.5 Å². The van der Waals surface area contributed by atoms with E-state index < -0.39 is 0 Å². The van der Waals surface area contributed by atoms with E-state index in [4.69, 9.17) is 4.98 Å². The number of anilines is 1. The third-order valence-electron chi connectivity index (χ3n) is 4.25. The minimum atomic E-state index is -0.0475. The van der Waals surface area contributed by atoms with E-state index in [9.17, 15) is 4.79 Å². The Morgan fingerprint density at radius 1 is 1.08 bits per heavy atom. The highest BCUT2D eigenvalue weighted by Gasteiger charge is 2.26. The zero-order chi connectivity index (χ0) is 16.5. The number of fused-ring (bicyclic) bond motifs is 1. The van der Waals surface area contributed by atoms with Crippen molar-refractivity contribution in [2.24, 2.45) is 0 Å². The number of aromatic nitrogens is 3. The number of imidazole rings is 1. The van der Waals surface area contributed by atoms with Crippen molar-refractivity contribution in [3.8, 4) is 11.3 Å². The Labute approximate surface area is 140 Å². The van der Waals surface area contributed by atoms with Crippen LogP contribution in [0.25, 0.3) is 11.3 Å². The molecule has 1 aliphatic rings. The molecular weight excluding hydrogens is 300 g/mol. The summed E-state index contributed by atoms with van der Waals surface area (Å²) in [6.07, 6.45) is 4.58. The van der Waals surface area contributed by atoms with E-state index >= 15 is 0 Å². The smallest absolute Gasteiger partial charge is 0.262 e. The maximum Gasteiger partial charge on any atom is 0.262 e. The van der Waals surface area contributed by atoms with Gasteiger partial charge in [-0.3, -0.25) is 14.7 Å². The molecule has 24 heavy (non-hydrogen) atoms. The number of nitrogens with zero attached hydrogens (tertiary/aromatic N) is 4. The van der Waals surface area contributed by atoms with Gasteiger partial charge in [0.2, 0.25) is 5.95 Å². The third-order valence-corrected chi connectivity index (χ3v) is 4.25. The van der Waals surface area contributed by atoms with Crippen molar-refractivity contribution in [1.82, 2.24) is 14.5 Å². The normalized spacial score (nSPS) is 13.6. The SMILES string of the molecule is Cc1ccc(C(=O)N2CCCn3cc(-c4ccccc4)nc32)cn1. The molecule has 0 fully saturated rings. The van der Waals surface area contributed by atoms with E-state index in [1.807, 2.05) is 55.6 Å². The third kappa shape index (κ3) is 2.58. The number of carbonyl (C=O) groups is 1. The molecule has 2 aromatic heterocycles. The summed E-state index contributed by atoms with van der Waals surface area (Å²) in [4.78, 5) is 23.5. The summed E-state index contributed by atoms with van der Waals surface area (Å²) in [7, 11) is 0. The van der Waals surface area contributed by atoms with Crippen LogP contribution in [0.15, 0.2) is 54.9 Å². The first kappa shape index (κ1) is 14.6. The summed E-state index contributed by atoms with van der Waals surface area (Å²) in [6, 6.07) is 13.7. The number of hydrogen-bond donors (Lipinski definition) is 0. The van der Waals surface area contributed by atoms with Gasteiger partial charge in [-0.25, -0.2) is 4.98 Å². The fraction of sp³-hybridized carbons (Fsp3) is 0.211. The van der Waals surface area contributed by atoms with Gasteiger partial charge in [-0.2, -0.15) is 0 Å². The minimum Gasteiger partial charge on any atom is -0.316 e. The topological polar surface area (TPSA) is 51.0 Å². The number of aryl methyl sites for hydroxylation is 2. The lowest BCUT2D eigenvalue weighted by atomic mass is 10.2. The van der Waals surface area contributed by atoms with Crippen LogP contribution in [0.4, 0.5) is 5.95 Å². The molecule has 5 nitrogen and oxygen atoms in total. The molecule has 4 rings (SSSR count). The van der Waals surface area contributed by atoms with Gasteiger partial charge in [-0.15, -0.1) is 0 Å². The molecule has 0 bridgehead atoms. The molecular formula is C19H18N4O. The van der Waals surface area contributed by atoms with Gasteiger partial charge in [0.25, 0.3) is 5.91 Å². The van der Waals surface area contributed by atoms with Gasteiger partial charge in [0.1, 0.15) is 0 Å². The molecule has 0 saturated carbocycles. The molecule has 0 radical (unpaired) electrons. The quantitative estimate of drug-likeness (QED) is 0.728. The van der Waals surface area contributed by atoms with Crippen molar-refractivity contribution in [1.29, 1.82) is 0 Å². The van der Waals surface area contributed by atoms with Gasteiger partial charge < -0.3 is 4.57 Å². The van der Waals surface area contributed by atoms with Crippen molar-refractivity contribution in [2.75, 3.05) is 11.4 Å². The maximum absolute atomic E-state index is 12.9. The van der Waals surface area contributed by atoms with Gasteiger partial charge in [0.15, 0.2) is 0 Å². The summed E-state index contributed by atoms with van der Waals surface area (Å²) in [5, 5.41) is 0. The summed E-state index contributed by atoms with van der Waals surface area (Å²) in [5.74, 6) is 0.666.